The maximum Gasteiger partial charge on any atom is 0.163 e. The molecule has 0 radical (unpaired) electrons. The first-order chi connectivity index (χ1) is 16.9. The third-order valence-corrected chi connectivity index (χ3v) is 6.21. The zero-order valence-electron chi connectivity index (χ0n) is 21.8. The highest BCUT2D eigenvalue weighted by atomic mass is 16.5. The van der Waals surface area contributed by atoms with Crippen LogP contribution in [0.25, 0.3) is 11.3 Å². The van der Waals surface area contributed by atoms with E-state index >= 15 is 0 Å². The molecular formula is C29H37N3O4. The highest BCUT2D eigenvalue weighted by Gasteiger charge is 2.28. The number of nitrogens with two attached hydrogens (primary N) is 2. The van der Waals surface area contributed by atoms with Crippen molar-refractivity contribution in [3.63, 3.8) is 0 Å². The summed E-state index contributed by atoms with van der Waals surface area (Å²) in [5, 5.41) is 9.07. The van der Waals surface area contributed by atoms with Crippen LogP contribution in [0.1, 0.15) is 60.8 Å². The number of carbonyl (C=O) groups excluding carboxylic acids is 1. The molecule has 36 heavy (non-hydrogen) atoms. The van der Waals surface area contributed by atoms with E-state index in [1.54, 1.807) is 18.2 Å². The molecule has 1 aromatic heterocycles. The largest absolute Gasteiger partial charge is 0.493 e. The number of hydrogen-bond acceptors (Lipinski definition) is 7. The molecule has 1 heterocycles. The molecule has 0 amide bonds. The van der Waals surface area contributed by atoms with Crippen LogP contribution in [-0.4, -0.2) is 36.2 Å². The number of aliphatic hydroxyl groups is 1. The van der Waals surface area contributed by atoms with E-state index in [0.29, 0.717) is 29.2 Å². The van der Waals surface area contributed by atoms with Gasteiger partial charge in [0.2, 0.25) is 0 Å². The molecule has 2 aromatic carbocycles. The van der Waals surface area contributed by atoms with E-state index in [4.69, 9.17) is 31.0 Å². The molecule has 0 bridgehead atoms. The molecule has 0 fully saturated rings. The Labute approximate surface area is 213 Å². The fraction of sp³-hybridized carbons (Fsp3) is 0.379. The lowest BCUT2D eigenvalue weighted by atomic mass is 9.86. The number of nitrogens with zero attached hydrogens (tertiary/aromatic N) is 1. The molecule has 0 spiro atoms. The summed E-state index contributed by atoms with van der Waals surface area (Å²) in [5.41, 5.74) is 16.8. The number of pyridine rings is 1. The number of rotatable bonds is 11. The zero-order chi connectivity index (χ0) is 26.5. The monoisotopic (exact) mass is 491 g/mol. The summed E-state index contributed by atoms with van der Waals surface area (Å²) in [6.45, 7) is 7.80. The summed E-state index contributed by atoms with van der Waals surface area (Å²) >= 11 is 0. The van der Waals surface area contributed by atoms with Crippen LogP contribution in [0.15, 0.2) is 54.6 Å². The highest BCUT2D eigenvalue weighted by Crippen LogP contribution is 2.32. The summed E-state index contributed by atoms with van der Waals surface area (Å²) < 4.78 is 10.8. The maximum atomic E-state index is 13.1. The van der Waals surface area contributed by atoms with E-state index in [1.165, 1.54) is 12.7 Å². The average molecular weight is 492 g/mol. The van der Waals surface area contributed by atoms with Crippen LogP contribution < -0.4 is 20.9 Å². The molecular weight excluding hydrogens is 454 g/mol. The molecule has 7 nitrogen and oxygen atoms in total. The number of hydrogen-bond donors (Lipinski definition) is 3. The van der Waals surface area contributed by atoms with Gasteiger partial charge in [-0.2, -0.15) is 0 Å². The first-order valence-electron chi connectivity index (χ1n) is 12.1. The van der Waals surface area contributed by atoms with Gasteiger partial charge in [0.25, 0.3) is 0 Å². The van der Waals surface area contributed by atoms with Crippen molar-refractivity contribution in [2.45, 2.75) is 51.6 Å². The van der Waals surface area contributed by atoms with Crippen molar-refractivity contribution in [3.8, 4) is 22.8 Å². The van der Waals surface area contributed by atoms with Crippen molar-refractivity contribution in [1.29, 1.82) is 0 Å². The lowest BCUT2D eigenvalue weighted by Gasteiger charge is -2.28. The predicted molar refractivity (Wildman–Crippen MR) is 142 cm³/mol. The Morgan fingerprint density at radius 2 is 1.69 bits per heavy atom. The summed E-state index contributed by atoms with van der Waals surface area (Å²) in [7, 11) is 1.52. The van der Waals surface area contributed by atoms with Gasteiger partial charge in [-0.05, 0) is 70.0 Å². The number of methoxy groups -OCH3 is 1. The van der Waals surface area contributed by atoms with Crippen LogP contribution >= 0.6 is 0 Å². The second-order valence-corrected chi connectivity index (χ2v) is 9.99. The molecule has 0 aliphatic rings. The van der Waals surface area contributed by atoms with Crippen LogP contribution in [0.4, 0.5) is 0 Å². The molecule has 5 N–H and O–H groups in total. The van der Waals surface area contributed by atoms with Crippen LogP contribution in [0.5, 0.6) is 11.5 Å². The predicted octanol–water partition coefficient (Wildman–Crippen LogP) is 4.47. The molecule has 3 aromatic rings. The molecule has 0 aliphatic heterocycles. The van der Waals surface area contributed by atoms with Gasteiger partial charge in [0.05, 0.1) is 30.6 Å². The van der Waals surface area contributed by atoms with Crippen molar-refractivity contribution >= 4 is 5.78 Å². The normalized spacial score (nSPS) is 13.2. The smallest absolute Gasteiger partial charge is 0.163 e. The van der Waals surface area contributed by atoms with Gasteiger partial charge in [-0.25, -0.2) is 0 Å². The Balaban J connectivity index is 1.87. The number of carbonyl (C=O) groups is 1. The zero-order valence-corrected chi connectivity index (χ0v) is 21.8. The van der Waals surface area contributed by atoms with Gasteiger partial charge in [0.15, 0.2) is 17.3 Å². The lowest BCUT2D eigenvalue weighted by Crippen LogP contribution is -2.36. The van der Waals surface area contributed by atoms with Crippen LogP contribution in [-0.2, 0) is 11.1 Å². The summed E-state index contributed by atoms with van der Waals surface area (Å²) in [6.07, 6.45) is 0.607. The average Bonchev–Trinajstić information content (AvgIpc) is 2.85. The van der Waals surface area contributed by atoms with Gasteiger partial charge in [-0.3, -0.25) is 9.78 Å². The standard InChI is InChI=1S/C29H37N3O4/c1-19-6-8-20(9-7-19)23-17-22(28(2,3)30)18-27(32-23)29(4,31)13-12-24(34)21-10-11-25(35-5)26(16-21)36-15-14-33/h6-11,16-18,33H,12-15,30-31H2,1-5H3. The minimum Gasteiger partial charge on any atom is -0.493 e. The van der Waals surface area contributed by atoms with Gasteiger partial charge >= 0.3 is 0 Å². The van der Waals surface area contributed by atoms with E-state index in [2.05, 4.69) is 0 Å². The second kappa shape index (κ2) is 11.2. The number of aromatic nitrogens is 1. The van der Waals surface area contributed by atoms with Gasteiger partial charge in [0.1, 0.15) is 6.61 Å². The topological polar surface area (TPSA) is 121 Å². The SMILES string of the molecule is COc1ccc(C(=O)CCC(C)(N)c2cc(C(C)(C)N)cc(-c3ccc(C)cc3)n2)cc1OCCO. The molecule has 0 saturated heterocycles. The number of aryl methyl sites for hydroxylation is 1. The maximum absolute atomic E-state index is 13.1. The van der Waals surface area contributed by atoms with Crippen molar-refractivity contribution < 1.29 is 19.4 Å². The second-order valence-electron chi connectivity index (χ2n) is 9.99. The van der Waals surface area contributed by atoms with E-state index < -0.39 is 11.1 Å². The lowest BCUT2D eigenvalue weighted by molar-refractivity contribution is 0.0970. The molecule has 1 atom stereocenters. The van der Waals surface area contributed by atoms with Gasteiger partial charge in [-0.1, -0.05) is 29.8 Å². The number of aliphatic hydroxyl groups excluding tert-OH is 1. The Kier molecular flexibility index (Phi) is 8.51. The third-order valence-electron chi connectivity index (χ3n) is 6.21. The highest BCUT2D eigenvalue weighted by molar-refractivity contribution is 5.96. The van der Waals surface area contributed by atoms with Gasteiger partial charge < -0.3 is 26.0 Å². The quantitative estimate of drug-likeness (QED) is 0.339. The Morgan fingerprint density at radius 1 is 1.00 bits per heavy atom. The van der Waals surface area contributed by atoms with Crippen molar-refractivity contribution in [2.75, 3.05) is 20.3 Å². The summed E-state index contributed by atoms with van der Waals surface area (Å²) in [5.74, 6) is 0.838. The minimum absolute atomic E-state index is 0.0720. The Morgan fingerprint density at radius 3 is 2.31 bits per heavy atom. The van der Waals surface area contributed by atoms with Crippen molar-refractivity contribution in [3.05, 3.63) is 77.0 Å². The van der Waals surface area contributed by atoms with E-state index in [1.807, 2.05) is 64.1 Å². The molecule has 0 aliphatic carbocycles. The molecule has 0 saturated carbocycles. The molecule has 1 unspecified atom stereocenters. The van der Waals surface area contributed by atoms with Gasteiger partial charge in [0, 0.05) is 23.1 Å². The third kappa shape index (κ3) is 6.69. The fourth-order valence-electron chi connectivity index (χ4n) is 3.83. The fourth-order valence-corrected chi connectivity index (χ4v) is 3.83. The minimum atomic E-state index is -0.862. The summed E-state index contributed by atoms with van der Waals surface area (Å²) in [6, 6.07) is 17.1. The Hall–Kier alpha value is -3.26. The number of ether oxygens (including phenoxy) is 2. The first kappa shape index (κ1) is 27.3. The molecule has 7 heteroatoms. The number of Topliss-reactive ketones (excluding diaryl/α,β-unsaturated/α-hetero) is 1. The first-order valence-corrected chi connectivity index (χ1v) is 12.1. The summed E-state index contributed by atoms with van der Waals surface area (Å²) in [4.78, 5) is 17.9. The van der Waals surface area contributed by atoms with Crippen LogP contribution in [0, 0.1) is 6.92 Å². The van der Waals surface area contributed by atoms with E-state index in [-0.39, 0.29) is 25.4 Å². The van der Waals surface area contributed by atoms with Crippen molar-refractivity contribution in [2.24, 2.45) is 11.5 Å². The van der Waals surface area contributed by atoms with Crippen molar-refractivity contribution in [1.82, 2.24) is 4.98 Å². The van der Waals surface area contributed by atoms with Gasteiger partial charge in [-0.15, -0.1) is 0 Å². The Bertz CT molecular complexity index is 1200. The number of ketones is 1. The molecule has 3 rings (SSSR count). The number of benzene rings is 2. The van der Waals surface area contributed by atoms with Crippen LogP contribution in [0.2, 0.25) is 0 Å². The van der Waals surface area contributed by atoms with E-state index in [0.717, 1.165) is 16.8 Å². The van der Waals surface area contributed by atoms with E-state index in [9.17, 15) is 4.79 Å². The van der Waals surface area contributed by atoms with Crippen LogP contribution in [0.3, 0.4) is 0 Å². The molecule has 192 valence electrons.